The van der Waals surface area contributed by atoms with E-state index >= 15 is 0 Å². The summed E-state index contributed by atoms with van der Waals surface area (Å²) < 4.78 is 1.04. The van der Waals surface area contributed by atoms with Crippen LogP contribution in [-0.2, 0) is 6.42 Å². The van der Waals surface area contributed by atoms with Gasteiger partial charge in [0, 0.05) is 23.0 Å². The van der Waals surface area contributed by atoms with Crippen molar-refractivity contribution >= 4 is 33.4 Å². The highest BCUT2D eigenvalue weighted by atomic mass is 79.9. The number of nitrogens with one attached hydrogen (secondary N) is 2. The minimum absolute atomic E-state index is 0.720. The van der Waals surface area contributed by atoms with Crippen molar-refractivity contribution in [2.45, 2.75) is 6.42 Å². The quantitative estimate of drug-likeness (QED) is 0.874. The molecule has 2 N–H and O–H groups in total. The molecule has 0 aromatic heterocycles. The normalized spacial score (nSPS) is 15.1. The van der Waals surface area contributed by atoms with E-state index in [2.05, 4.69) is 32.1 Å². The topological polar surface area (TPSA) is 39.7 Å². The second-order valence-electron chi connectivity index (χ2n) is 3.22. The van der Waals surface area contributed by atoms with Crippen LogP contribution >= 0.6 is 27.5 Å². The van der Waals surface area contributed by atoms with Gasteiger partial charge in [0.15, 0.2) is 0 Å². The van der Waals surface area contributed by atoms with Crippen LogP contribution in [0.2, 0.25) is 5.02 Å². The summed E-state index contributed by atoms with van der Waals surface area (Å²) in [7, 11) is 1.90. The Labute approximate surface area is 101 Å². The molecule has 1 aliphatic rings. The second kappa shape index (κ2) is 4.38. The number of hydrazone groups is 1. The molecule has 15 heavy (non-hydrogen) atoms. The third kappa shape index (κ3) is 2.42. The number of hydrogen-bond acceptors (Lipinski definition) is 4. The molecule has 80 valence electrons. The lowest BCUT2D eigenvalue weighted by Crippen LogP contribution is -2.37. The predicted molar refractivity (Wildman–Crippen MR) is 64.3 cm³/mol. The van der Waals surface area contributed by atoms with Gasteiger partial charge in [0.05, 0.1) is 0 Å². The zero-order chi connectivity index (χ0) is 10.8. The molecular weight excluding hydrogens is 279 g/mol. The Bertz CT molecular complexity index is 407. The minimum Gasteiger partial charge on any atom is -0.278 e. The molecule has 0 aliphatic carbocycles. The first kappa shape index (κ1) is 10.7. The highest BCUT2D eigenvalue weighted by Crippen LogP contribution is 2.22. The van der Waals surface area contributed by atoms with Crippen LogP contribution < -0.4 is 11.1 Å². The van der Waals surface area contributed by atoms with E-state index in [1.807, 2.05) is 30.3 Å². The minimum atomic E-state index is 0.720. The van der Waals surface area contributed by atoms with Crippen molar-refractivity contribution in [3.63, 3.8) is 0 Å². The Morgan fingerprint density at radius 2 is 2.33 bits per heavy atom. The summed E-state index contributed by atoms with van der Waals surface area (Å²) in [4.78, 5) is 0. The van der Waals surface area contributed by atoms with Crippen molar-refractivity contribution in [1.82, 2.24) is 16.1 Å². The van der Waals surface area contributed by atoms with E-state index < -0.39 is 0 Å². The second-order valence-corrected chi connectivity index (χ2v) is 4.51. The molecule has 0 bridgehead atoms. The molecule has 0 atom stereocenters. The number of hydrogen-bond donors (Lipinski definition) is 2. The molecular formula is C9H10BrClN4. The number of rotatable bonds is 2. The first-order valence-corrected chi connectivity index (χ1v) is 5.59. The molecule has 0 amide bonds. The van der Waals surface area contributed by atoms with Crippen molar-refractivity contribution < 1.29 is 0 Å². The van der Waals surface area contributed by atoms with Crippen LogP contribution in [0.4, 0.5) is 0 Å². The van der Waals surface area contributed by atoms with E-state index in [9.17, 15) is 0 Å². The van der Waals surface area contributed by atoms with Crippen LogP contribution in [0.25, 0.3) is 0 Å². The van der Waals surface area contributed by atoms with E-state index in [1.165, 1.54) is 0 Å². The third-order valence-electron chi connectivity index (χ3n) is 2.15. The Morgan fingerprint density at radius 3 is 3.00 bits per heavy atom. The monoisotopic (exact) mass is 288 g/mol. The molecule has 1 heterocycles. The molecule has 0 saturated heterocycles. The van der Waals surface area contributed by atoms with Gasteiger partial charge in [0.25, 0.3) is 0 Å². The zero-order valence-electron chi connectivity index (χ0n) is 8.09. The number of amidine groups is 1. The third-order valence-corrected chi connectivity index (χ3v) is 3.15. The van der Waals surface area contributed by atoms with Crippen molar-refractivity contribution in [2.24, 2.45) is 5.10 Å². The first-order valence-electron chi connectivity index (χ1n) is 4.41. The van der Waals surface area contributed by atoms with Gasteiger partial charge in [-0.15, -0.1) is 10.6 Å². The standard InChI is InChI=1S/C9H10BrClN4/c1-15-9(12-13-14-15)5-6-4-7(11)2-3-8(6)10/h2-4,13-14H,5H2,1H3. The SMILES string of the molecule is CN1NNN=C1Cc1cc(Cl)ccc1Br. The van der Waals surface area contributed by atoms with Gasteiger partial charge < -0.3 is 0 Å². The summed E-state index contributed by atoms with van der Waals surface area (Å²) in [6.07, 6.45) is 0.720. The van der Waals surface area contributed by atoms with Gasteiger partial charge in [0.2, 0.25) is 0 Å². The fraction of sp³-hybridized carbons (Fsp3) is 0.222. The van der Waals surface area contributed by atoms with Crippen molar-refractivity contribution in [3.05, 3.63) is 33.3 Å². The Kier molecular flexibility index (Phi) is 3.14. The van der Waals surface area contributed by atoms with Crippen LogP contribution in [0.15, 0.2) is 27.8 Å². The zero-order valence-corrected chi connectivity index (χ0v) is 10.4. The maximum Gasteiger partial charge on any atom is 0.146 e. The lowest BCUT2D eigenvalue weighted by Gasteiger charge is -2.12. The van der Waals surface area contributed by atoms with E-state index in [-0.39, 0.29) is 0 Å². The largest absolute Gasteiger partial charge is 0.278 e. The van der Waals surface area contributed by atoms with Crippen LogP contribution in [-0.4, -0.2) is 17.9 Å². The number of benzene rings is 1. The van der Waals surface area contributed by atoms with Crippen LogP contribution in [0.1, 0.15) is 5.56 Å². The van der Waals surface area contributed by atoms with Gasteiger partial charge in [0.1, 0.15) is 5.84 Å². The molecule has 0 saturated carbocycles. The summed E-state index contributed by atoms with van der Waals surface area (Å²) >= 11 is 9.42. The van der Waals surface area contributed by atoms with Crippen molar-refractivity contribution in [1.29, 1.82) is 0 Å². The predicted octanol–water partition coefficient (Wildman–Crippen LogP) is 1.91. The summed E-state index contributed by atoms with van der Waals surface area (Å²) in [6, 6.07) is 5.72. The van der Waals surface area contributed by atoms with Crippen molar-refractivity contribution in [2.75, 3.05) is 7.05 Å². The fourth-order valence-corrected chi connectivity index (χ4v) is 1.89. The molecule has 1 aromatic rings. The van der Waals surface area contributed by atoms with E-state index in [0.717, 1.165) is 27.3 Å². The molecule has 0 radical (unpaired) electrons. The van der Waals surface area contributed by atoms with Gasteiger partial charge in [-0.1, -0.05) is 27.5 Å². The smallest absolute Gasteiger partial charge is 0.146 e. The van der Waals surface area contributed by atoms with Gasteiger partial charge >= 0.3 is 0 Å². The summed E-state index contributed by atoms with van der Waals surface area (Å²) in [5.41, 5.74) is 6.66. The number of halogens is 2. The average molecular weight is 290 g/mol. The Hall–Kier alpha value is -0.780. The number of hydrazine groups is 2. The van der Waals surface area contributed by atoms with Gasteiger partial charge in [-0.25, -0.2) is 5.53 Å². The molecule has 0 fully saturated rings. The van der Waals surface area contributed by atoms with E-state index in [1.54, 1.807) is 0 Å². The maximum absolute atomic E-state index is 5.93. The Morgan fingerprint density at radius 1 is 1.53 bits per heavy atom. The van der Waals surface area contributed by atoms with Crippen LogP contribution in [0, 0.1) is 0 Å². The highest BCUT2D eigenvalue weighted by Gasteiger charge is 2.14. The van der Waals surface area contributed by atoms with Crippen molar-refractivity contribution in [3.8, 4) is 0 Å². The molecule has 1 aliphatic heterocycles. The summed E-state index contributed by atoms with van der Waals surface area (Å²) in [5.74, 6) is 0.915. The Balaban J connectivity index is 2.20. The van der Waals surface area contributed by atoms with E-state index in [4.69, 9.17) is 11.6 Å². The van der Waals surface area contributed by atoms with Gasteiger partial charge in [-0.05, 0) is 23.8 Å². The first-order chi connectivity index (χ1) is 7.16. The molecule has 1 aromatic carbocycles. The number of nitrogens with zero attached hydrogens (tertiary/aromatic N) is 2. The van der Waals surface area contributed by atoms with E-state index in [0.29, 0.717) is 0 Å². The lowest BCUT2D eigenvalue weighted by molar-refractivity contribution is 0.345. The molecule has 0 unspecified atom stereocenters. The molecule has 6 heteroatoms. The van der Waals surface area contributed by atoms with Crippen LogP contribution in [0.3, 0.4) is 0 Å². The van der Waals surface area contributed by atoms with Crippen LogP contribution in [0.5, 0.6) is 0 Å². The molecule has 2 rings (SSSR count). The fourth-order valence-electron chi connectivity index (χ4n) is 1.31. The maximum atomic E-state index is 5.93. The van der Waals surface area contributed by atoms with Gasteiger partial charge in [-0.2, -0.15) is 0 Å². The molecule has 0 spiro atoms. The summed E-state index contributed by atoms with van der Waals surface area (Å²) in [6.45, 7) is 0. The average Bonchev–Trinajstić information content (AvgIpc) is 2.58. The number of likely N-dealkylation sites (N-methyl/N-ethyl adjacent to an activating group) is 1. The molecule has 4 nitrogen and oxygen atoms in total. The summed E-state index contributed by atoms with van der Waals surface area (Å²) in [5, 5.41) is 6.66. The van der Waals surface area contributed by atoms with Gasteiger partial charge in [-0.3, -0.25) is 5.01 Å². The lowest BCUT2D eigenvalue weighted by atomic mass is 10.1. The highest BCUT2D eigenvalue weighted by molar-refractivity contribution is 9.10.